The average molecular weight is 1040 g/mol. The number of H-pyrrole nitrogens is 1. The van der Waals surface area contributed by atoms with Crippen LogP contribution in [0.3, 0.4) is 0 Å². The van der Waals surface area contributed by atoms with E-state index >= 15 is 0 Å². The maximum absolute atomic E-state index is 5.70. The second-order valence-corrected chi connectivity index (χ2v) is 26.0. The summed E-state index contributed by atoms with van der Waals surface area (Å²) in [6.07, 6.45) is 15.4. The lowest BCUT2D eigenvalue weighted by Gasteiger charge is -2.38. The van der Waals surface area contributed by atoms with Gasteiger partial charge in [-0.25, -0.2) is 9.97 Å². The first kappa shape index (κ1) is 57.5. The molecule has 21 nitrogen and oxygen atoms in total. The predicted molar refractivity (Wildman–Crippen MR) is 291 cm³/mol. The molecular formula is C54H92N20O. The first-order valence-corrected chi connectivity index (χ1v) is 27.1. The van der Waals surface area contributed by atoms with E-state index in [1.807, 2.05) is 31.2 Å². The Morgan fingerprint density at radius 3 is 1.72 bits per heavy atom. The molecule has 0 aliphatic carbocycles. The van der Waals surface area contributed by atoms with Gasteiger partial charge >= 0.3 is 0 Å². The van der Waals surface area contributed by atoms with Crippen LogP contribution in [-0.4, -0.2) is 152 Å². The minimum absolute atomic E-state index is 0.182. The van der Waals surface area contributed by atoms with Gasteiger partial charge in [-0.1, -0.05) is 20.8 Å². The fraction of sp³-hybridized carbons (Fsp3) is 0.722. The summed E-state index contributed by atoms with van der Waals surface area (Å²) in [7, 11) is 0. The Morgan fingerprint density at radius 2 is 1.11 bits per heavy atom. The SMILES string of the molecule is CC(C)(C)C1Cn2cnnc2CO1.CC(C)(C)N1CCn2cncc2C1.CC(C)(C)N1CCn2cnnc2C1.CC(C)(C)N1Cc2cn[nH]c2C1.CC(C)(C)N1Cc2nncn2C1.CC(C)N1CCn2ccnc2C1. The van der Waals surface area contributed by atoms with E-state index in [9.17, 15) is 0 Å². The lowest BCUT2D eigenvalue weighted by molar-refractivity contribution is -0.0593. The van der Waals surface area contributed by atoms with Crippen molar-refractivity contribution in [3.05, 3.63) is 90.3 Å². The van der Waals surface area contributed by atoms with Crippen molar-refractivity contribution in [2.24, 2.45) is 5.41 Å². The monoisotopic (exact) mass is 1040 g/mol. The summed E-state index contributed by atoms with van der Waals surface area (Å²) in [6, 6.07) is 0.635. The molecule has 1 N–H and O–H groups in total. The molecule has 0 aromatic carbocycles. The number of hydrogen-bond acceptors (Lipinski definition) is 15. The number of nitrogens with zero attached hydrogens (tertiary/aromatic N) is 19. The summed E-state index contributed by atoms with van der Waals surface area (Å²) >= 11 is 0. The van der Waals surface area contributed by atoms with E-state index in [0.29, 0.717) is 12.6 Å². The highest BCUT2D eigenvalue weighted by molar-refractivity contribution is 5.21. The molecule has 6 aliphatic rings. The number of imidazole rings is 2. The van der Waals surface area contributed by atoms with E-state index in [2.05, 4.69) is 222 Å². The molecule has 0 saturated heterocycles. The number of aromatic amines is 1. The van der Waals surface area contributed by atoms with Crippen LogP contribution >= 0.6 is 0 Å². The molecule has 1 atom stereocenters. The lowest BCUT2D eigenvalue weighted by Crippen LogP contribution is -2.45. The molecule has 12 rings (SSSR count). The molecule has 6 aliphatic heterocycles. The van der Waals surface area contributed by atoms with Crippen LogP contribution in [0, 0.1) is 5.41 Å². The third-order valence-corrected chi connectivity index (χ3v) is 15.0. The van der Waals surface area contributed by atoms with Crippen LogP contribution in [0.15, 0.2) is 50.1 Å². The summed E-state index contributed by atoms with van der Waals surface area (Å²) in [5.74, 6) is 4.29. The Labute approximate surface area is 447 Å². The number of rotatable bonds is 1. The number of ether oxygens (including phenoxy) is 1. The Morgan fingerprint density at radius 1 is 0.533 bits per heavy atom. The van der Waals surface area contributed by atoms with Crippen LogP contribution in [0.4, 0.5) is 0 Å². The highest BCUT2D eigenvalue weighted by Crippen LogP contribution is 2.29. The molecule has 6 aromatic heterocycles. The van der Waals surface area contributed by atoms with Gasteiger partial charge in [-0.2, -0.15) is 5.10 Å². The molecule has 0 spiro atoms. The summed E-state index contributed by atoms with van der Waals surface area (Å²) < 4.78 is 16.5. The third-order valence-electron chi connectivity index (χ3n) is 15.0. The summed E-state index contributed by atoms with van der Waals surface area (Å²) in [5, 5.41) is 30.7. The number of hydrogen-bond donors (Lipinski definition) is 1. The van der Waals surface area contributed by atoms with E-state index in [0.717, 1.165) is 109 Å². The van der Waals surface area contributed by atoms with E-state index in [4.69, 9.17) is 4.74 Å². The second kappa shape index (κ2) is 23.6. The van der Waals surface area contributed by atoms with Gasteiger partial charge in [0.1, 0.15) is 43.1 Å². The maximum atomic E-state index is 5.70. The lowest BCUT2D eigenvalue weighted by atomic mass is 9.88. The van der Waals surface area contributed by atoms with Crippen molar-refractivity contribution >= 4 is 0 Å². The van der Waals surface area contributed by atoms with Crippen molar-refractivity contribution in [2.75, 3.05) is 19.6 Å². The molecule has 0 fully saturated rings. The molecule has 0 saturated carbocycles. The molecule has 21 heteroatoms. The topological polar surface area (TPSA) is 182 Å². The van der Waals surface area contributed by atoms with Gasteiger partial charge < -0.3 is 27.6 Å². The van der Waals surface area contributed by atoms with Crippen LogP contribution < -0.4 is 0 Å². The van der Waals surface area contributed by atoms with Crippen molar-refractivity contribution in [3.63, 3.8) is 0 Å². The molecular weight excluding hydrogens is 945 g/mol. The standard InChI is InChI=1S/C10H17N3.C9H16N4.C9H15N3O.2C9H15N3.C8H14N4/c1-10(2,3)13-5-4-12-8-11-6-9(12)7-13;1-9(2,3)13-5-4-12-7-10-11-8(12)6-13;1-9(2,3)7-4-12-6-10-11-8(12)5-13-7;1-9(2,3)12-5-7-4-10-11-8(7)6-12;1-8(2)12-6-5-11-4-3-10-9(11)7-12;1-8(2,3)12-4-7-10-9-5-11(7)6-12/h6,8H,4-5,7H2,1-3H3;7H,4-6H2,1-3H3;6-7H,4-5H2,1-3H3;4H,5-6H2,1-3H3,(H,10,11);3-4,8H,5-7H2,1-2H3;5H,4,6H2,1-3H3. The Bertz CT molecular complexity index is 2420. The van der Waals surface area contributed by atoms with Crippen molar-refractivity contribution in [1.82, 2.24) is 98.1 Å². The molecule has 12 heterocycles. The molecule has 75 heavy (non-hydrogen) atoms. The zero-order valence-electron chi connectivity index (χ0n) is 48.8. The zero-order chi connectivity index (χ0) is 54.5. The number of nitrogens with one attached hydrogen (secondary N) is 1. The minimum Gasteiger partial charge on any atom is -0.368 e. The predicted octanol–water partition coefficient (Wildman–Crippen LogP) is 7.09. The average Bonchev–Trinajstić information content (AvgIpc) is 4.17. The van der Waals surface area contributed by atoms with Gasteiger partial charge in [0.2, 0.25) is 0 Å². The first-order valence-electron chi connectivity index (χ1n) is 27.1. The van der Waals surface area contributed by atoms with E-state index < -0.39 is 0 Å². The van der Waals surface area contributed by atoms with Gasteiger partial charge in [0.15, 0.2) is 5.82 Å². The van der Waals surface area contributed by atoms with Gasteiger partial charge in [0, 0.05) is 111 Å². The van der Waals surface area contributed by atoms with Gasteiger partial charge in [-0.3, -0.25) is 29.6 Å². The summed E-state index contributed by atoms with van der Waals surface area (Å²) in [6.45, 7) is 52.8. The largest absolute Gasteiger partial charge is 0.368 e. The fourth-order valence-electron chi connectivity index (χ4n) is 9.41. The van der Waals surface area contributed by atoms with Crippen molar-refractivity contribution < 1.29 is 4.74 Å². The number of fused-ring (bicyclic) bond motifs is 6. The van der Waals surface area contributed by atoms with Crippen LogP contribution in [0.25, 0.3) is 0 Å². The zero-order valence-corrected chi connectivity index (χ0v) is 48.8. The third kappa shape index (κ3) is 15.5. The second-order valence-electron chi connectivity index (χ2n) is 26.0. The van der Waals surface area contributed by atoms with Crippen molar-refractivity contribution in [1.29, 1.82) is 0 Å². The van der Waals surface area contributed by atoms with Crippen LogP contribution in [-0.2, 0) is 83.5 Å². The van der Waals surface area contributed by atoms with E-state index in [1.165, 1.54) is 22.8 Å². The molecule has 6 aromatic rings. The molecule has 0 amide bonds. The Kier molecular flexibility index (Phi) is 18.1. The minimum atomic E-state index is 0.182. The van der Waals surface area contributed by atoms with E-state index in [1.54, 1.807) is 12.7 Å². The van der Waals surface area contributed by atoms with Crippen molar-refractivity contribution in [2.45, 2.75) is 231 Å². The van der Waals surface area contributed by atoms with Crippen molar-refractivity contribution in [3.8, 4) is 0 Å². The molecule has 0 radical (unpaired) electrons. The van der Waals surface area contributed by atoms with Gasteiger partial charge in [-0.05, 0) is 102 Å². The normalized spacial score (nSPS) is 19.2. The van der Waals surface area contributed by atoms with Gasteiger partial charge in [0.05, 0.1) is 62.9 Å². The quantitative estimate of drug-likeness (QED) is 0.176. The van der Waals surface area contributed by atoms with Crippen LogP contribution in [0.5, 0.6) is 0 Å². The molecule has 0 bridgehead atoms. The van der Waals surface area contributed by atoms with Crippen LogP contribution in [0.1, 0.15) is 158 Å². The summed E-state index contributed by atoms with van der Waals surface area (Å²) in [4.78, 5) is 20.6. The van der Waals surface area contributed by atoms with Gasteiger partial charge in [-0.15, -0.1) is 30.6 Å². The highest BCUT2D eigenvalue weighted by atomic mass is 16.5. The molecule has 1 unspecified atom stereocenters. The molecule has 414 valence electrons. The van der Waals surface area contributed by atoms with E-state index in [-0.39, 0.29) is 33.7 Å². The first-order chi connectivity index (χ1) is 35.1. The Balaban J connectivity index is 0.000000131. The summed E-state index contributed by atoms with van der Waals surface area (Å²) in [5.41, 5.74) is 5.14. The van der Waals surface area contributed by atoms with Gasteiger partial charge in [0.25, 0.3) is 0 Å². The highest BCUT2D eigenvalue weighted by Gasteiger charge is 2.32. The maximum Gasteiger partial charge on any atom is 0.158 e. The number of aromatic nitrogens is 15. The Hall–Kier alpha value is -5.19. The smallest absolute Gasteiger partial charge is 0.158 e. The van der Waals surface area contributed by atoms with Crippen LogP contribution in [0.2, 0.25) is 0 Å². The fourth-order valence-corrected chi connectivity index (χ4v) is 9.41.